The molecule has 1 fully saturated rings. The number of nitrogens with two attached hydrogens (primary N) is 1. The molecule has 1 heterocycles. The fourth-order valence-corrected chi connectivity index (χ4v) is 3.22. The van der Waals surface area contributed by atoms with Crippen LogP contribution >= 0.6 is 39.5 Å². The van der Waals surface area contributed by atoms with E-state index in [0.717, 1.165) is 22.2 Å². The minimum absolute atomic E-state index is 0.0414. The zero-order valence-electron chi connectivity index (χ0n) is 8.46. The molecular formula is C10H11BrN2OS2. The van der Waals surface area contributed by atoms with Crippen molar-refractivity contribution in [3.8, 4) is 0 Å². The maximum Gasteiger partial charge on any atom is 0.233 e. The SMILES string of the molecule is NC(=S)C1(C(=O)NCc2sccc2Br)CC1. The van der Waals surface area contributed by atoms with Crippen LogP contribution in [0.1, 0.15) is 17.7 Å². The van der Waals surface area contributed by atoms with Crippen LogP contribution in [0.25, 0.3) is 0 Å². The van der Waals surface area contributed by atoms with Gasteiger partial charge in [-0.15, -0.1) is 11.3 Å². The maximum absolute atomic E-state index is 11.9. The molecule has 1 amide bonds. The summed E-state index contributed by atoms with van der Waals surface area (Å²) < 4.78 is 1.03. The number of carbonyl (C=O) groups is 1. The van der Waals surface area contributed by atoms with Gasteiger partial charge in [0.15, 0.2) is 0 Å². The van der Waals surface area contributed by atoms with Gasteiger partial charge in [0, 0.05) is 9.35 Å². The largest absolute Gasteiger partial charge is 0.392 e. The highest BCUT2D eigenvalue weighted by Crippen LogP contribution is 2.46. The van der Waals surface area contributed by atoms with Crippen molar-refractivity contribution >= 4 is 50.4 Å². The van der Waals surface area contributed by atoms with Gasteiger partial charge in [-0.05, 0) is 40.2 Å². The van der Waals surface area contributed by atoms with E-state index in [4.69, 9.17) is 18.0 Å². The molecule has 1 saturated carbocycles. The quantitative estimate of drug-likeness (QED) is 0.837. The van der Waals surface area contributed by atoms with Crippen LogP contribution in [0, 0.1) is 5.41 Å². The van der Waals surface area contributed by atoms with Crippen LogP contribution in [0.2, 0.25) is 0 Å². The molecule has 2 rings (SSSR count). The fraction of sp³-hybridized carbons (Fsp3) is 0.400. The second-order valence-corrected chi connectivity index (χ2v) is 6.12. The molecule has 1 aliphatic rings. The first-order valence-corrected chi connectivity index (χ1v) is 6.94. The molecule has 0 aromatic carbocycles. The van der Waals surface area contributed by atoms with Gasteiger partial charge in [-0.2, -0.15) is 0 Å². The summed E-state index contributed by atoms with van der Waals surface area (Å²) in [4.78, 5) is 13.3. The Morgan fingerprint density at radius 2 is 2.38 bits per heavy atom. The van der Waals surface area contributed by atoms with E-state index in [2.05, 4.69) is 21.2 Å². The standard InChI is InChI=1S/C10H11BrN2OS2/c11-6-1-4-16-7(6)5-13-9(14)10(2-3-10)8(12)15/h1,4H,2-3,5H2,(H2,12,15)(H,13,14). The highest BCUT2D eigenvalue weighted by molar-refractivity contribution is 9.10. The van der Waals surface area contributed by atoms with Crippen LogP contribution in [-0.4, -0.2) is 10.9 Å². The van der Waals surface area contributed by atoms with Crippen molar-refractivity contribution in [2.24, 2.45) is 11.1 Å². The van der Waals surface area contributed by atoms with E-state index in [1.54, 1.807) is 11.3 Å². The summed E-state index contributed by atoms with van der Waals surface area (Å²) in [5, 5.41) is 4.86. The first kappa shape index (κ1) is 12.0. The first-order valence-electron chi connectivity index (χ1n) is 4.86. The Morgan fingerprint density at radius 1 is 1.69 bits per heavy atom. The van der Waals surface area contributed by atoms with Crippen molar-refractivity contribution < 1.29 is 4.79 Å². The van der Waals surface area contributed by atoms with Gasteiger partial charge >= 0.3 is 0 Å². The van der Waals surface area contributed by atoms with Crippen LogP contribution in [0.15, 0.2) is 15.9 Å². The predicted molar refractivity (Wildman–Crippen MR) is 72.3 cm³/mol. The number of thiocarbonyl (C=S) groups is 1. The van der Waals surface area contributed by atoms with Crippen LogP contribution < -0.4 is 11.1 Å². The van der Waals surface area contributed by atoms with Crippen LogP contribution in [0.4, 0.5) is 0 Å². The highest BCUT2D eigenvalue weighted by Gasteiger charge is 2.52. The third-order valence-corrected chi connectivity index (χ3v) is 5.07. The van der Waals surface area contributed by atoms with Gasteiger partial charge in [0.2, 0.25) is 5.91 Å². The lowest BCUT2D eigenvalue weighted by Crippen LogP contribution is -2.39. The van der Waals surface area contributed by atoms with Gasteiger partial charge in [-0.25, -0.2) is 0 Å². The molecule has 0 saturated heterocycles. The maximum atomic E-state index is 11.9. The molecule has 1 aromatic rings. The average molecular weight is 319 g/mol. The summed E-state index contributed by atoms with van der Waals surface area (Å²) in [7, 11) is 0. The second kappa shape index (κ2) is 4.43. The molecule has 0 unspecified atom stereocenters. The van der Waals surface area contributed by atoms with Gasteiger partial charge in [0.1, 0.15) is 0 Å². The Labute approximate surface area is 112 Å². The molecule has 1 aromatic heterocycles. The molecule has 0 atom stereocenters. The average Bonchev–Trinajstić information content (AvgIpc) is 2.95. The zero-order valence-corrected chi connectivity index (χ0v) is 11.7. The van der Waals surface area contributed by atoms with E-state index in [1.807, 2.05) is 11.4 Å². The minimum atomic E-state index is -0.556. The van der Waals surface area contributed by atoms with Gasteiger partial charge in [-0.1, -0.05) is 12.2 Å². The Hall–Kier alpha value is -0.460. The van der Waals surface area contributed by atoms with Gasteiger partial charge in [0.25, 0.3) is 0 Å². The monoisotopic (exact) mass is 318 g/mol. The molecule has 6 heteroatoms. The summed E-state index contributed by atoms with van der Waals surface area (Å²) in [6.45, 7) is 0.529. The minimum Gasteiger partial charge on any atom is -0.392 e. The van der Waals surface area contributed by atoms with E-state index < -0.39 is 5.41 Å². The second-order valence-electron chi connectivity index (χ2n) is 3.82. The summed E-state index contributed by atoms with van der Waals surface area (Å²) in [6.07, 6.45) is 1.56. The summed E-state index contributed by atoms with van der Waals surface area (Å²) >= 11 is 9.95. The molecule has 86 valence electrons. The van der Waals surface area contributed by atoms with Crippen molar-refractivity contribution in [1.82, 2.24) is 5.32 Å². The summed E-state index contributed by atoms with van der Waals surface area (Å²) in [5.41, 5.74) is 5.02. The lowest BCUT2D eigenvalue weighted by molar-refractivity contribution is -0.124. The summed E-state index contributed by atoms with van der Waals surface area (Å²) in [5.74, 6) is -0.0414. The number of rotatable bonds is 4. The number of carbonyl (C=O) groups excluding carboxylic acids is 1. The zero-order chi connectivity index (χ0) is 11.8. The molecule has 3 N–H and O–H groups in total. The number of hydrogen-bond donors (Lipinski definition) is 2. The van der Waals surface area contributed by atoms with Crippen molar-refractivity contribution in [3.05, 3.63) is 20.8 Å². The molecule has 0 bridgehead atoms. The van der Waals surface area contributed by atoms with Crippen molar-refractivity contribution in [3.63, 3.8) is 0 Å². The Kier molecular flexibility index (Phi) is 3.32. The van der Waals surface area contributed by atoms with E-state index in [1.165, 1.54) is 0 Å². The molecule has 16 heavy (non-hydrogen) atoms. The van der Waals surface area contributed by atoms with E-state index in [-0.39, 0.29) is 5.91 Å². The van der Waals surface area contributed by atoms with Crippen LogP contribution in [0.3, 0.4) is 0 Å². The molecule has 0 aliphatic heterocycles. The van der Waals surface area contributed by atoms with Gasteiger partial charge in [0.05, 0.1) is 16.9 Å². The Morgan fingerprint density at radius 3 is 2.81 bits per heavy atom. The topological polar surface area (TPSA) is 55.1 Å². The van der Waals surface area contributed by atoms with E-state index >= 15 is 0 Å². The highest BCUT2D eigenvalue weighted by atomic mass is 79.9. The van der Waals surface area contributed by atoms with E-state index in [9.17, 15) is 4.79 Å². The van der Waals surface area contributed by atoms with Crippen LogP contribution in [-0.2, 0) is 11.3 Å². The van der Waals surface area contributed by atoms with Crippen molar-refractivity contribution in [2.75, 3.05) is 0 Å². The van der Waals surface area contributed by atoms with Gasteiger partial charge < -0.3 is 11.1 Å². The fourth-order valence-electron chi connectivity index (χ4n) is 1.49. The number of amides is 1. The smallest absolute Gasteiger partial charge is 0.233 e. The molecule has 1 aliphatic carbocycles. The molecule has 3 nitrogen and oxygen atoms in total. The number of thiophene rings is 1. The lowest BCUT2D eigenvalue weighted by atomic mass is 10.1. The predicted octanol–water partition coefficient (Wildman–Crippen LogP) is 2.19. The third kappa shape index (κ3) is 2.14. The summed E-state index contributed by atoms with van der Waals surface area (Å²) in [6, 6.07) is 1.96. The Bertz CT molecular complexity index is 440. The Balaban J connectivity index is 1.95. The molecule has 0 spiro atoms. The third-order valence-electron chi connectivity index (χ3n) is 2.76. The first-order chi connectivity index (χ1) is 7.56. The normalized spacial score (nSPS) is 16.8. The van der Waals surface area contributed by atoms with Crippen LogP contribution in [0.5, 0.6) is 0 Å². The van der Waals surface area contributed by atoms with Gasteiger partial charge in [-0.3, -0.25) is 4.79 Å². The number of nitrogens with one attached hydrogen (secondary N) is 1. The number of halogens is 1. The molecular weight excluding hydrogens is 308 g/mol. The van der Waals surface area contributed by atoms with Crippen molar-refractivity contribution in [1.29, 1.82) is 0 Å². The van der Waals surface area contributed by atoms with Crippen molar-refractivity contribution in [2.45, 2.75) is 19.4 Å². The molecule has 0 radical (unpaired) electrons. The van der Waals surface area contributed by atoms with E-state index in [0.29, 0.717) is 11.5 Å². The number of hydrogen-bond acceptors (Lipinski definition) is 3. The lowest BCUT2D eigenvalue weighted by Gasteiger charge is -2.13.